The summed E-state index contributed by atoms with van der Waals surface area (Å²) in [4.78, 5) is 37.7. The van der Waals surface area contributed by atoms with Crippen LogP contribution in [0.25, 0.3) is 6.08 Å². The first kappa shape index (κ1) is 20.9. The Morgan fingerprint density at radius 2 is 1.61 bits per heavy atom. The third kappa shape index (κ3) is 6.09. The second-order valence-electron chi connectivity index (χ2n) is 6.32. The summed E-state index contributed by atoms with van der Waals surface area (Å²) < 4.78 is 5.13. The van der Waals surface area contributed by atoms with Crippen LogP contribution in [0.2, 0.25) is 0 Å². The molecule has 1 N–H and O–H groups in total. The minimum atomic E-state index is -0.770. The molecular weight excluding hydrogens is 356 g/mol. The number of nitrogens with zero attached hydrogens (tertiary/aromatic N) is 1. The van der Waals surface area contributed by atoms with Crippen LogP contribution in [0, 0.1) is 0 Å². The van der Waals surface area contributed by atoms with E-state index in [4.69, 9.17) is 4.74 Å². The quantitative estimate of drug-likeness (QED) is 0.592. The molecule has 0 aromatic heterocycles. The summed E-state index contributed by atoms with van der Waals surface area (Å²) in [6, 6.07) is 18.4. The van der Waals surface area contributed by atoms with E-state index in [0.717, 1.165) is 11.1 Å². The lowest BCUT2D eigenvalue weighted by atomic mass is 10.1. The van der Waals surface area contributed by atoms with Gasteiger partial charge in [-0.1, -0.05) is 60.7 Å². The lowest BCUT2D eigenvalue weighted by Gasteiger charge is -2.25. The molecule has 0 radical (unpaired) electrons. The van der Waals surface area contributed by atoms with Crippen LogP contribution in [0.5, 0.6) is 0 Å². The van der Waals surface area contributed by atoms with Gasteiger partial charge in [-0.2, -0.15) is 0 Å². The molecule has 0 fully saturated rings. The first-order chi connectivity index (χ1) is 13.4. The van der Waals surface area contributed by atoms with Gasteiger partial charge >= 0.3 is 5.97 Å². The Kier molecular flexibility index (Phi) is 7.51. The van der Waals surface area contributed by atoms with Gasteiger partial charge < -0.3 is 15.0 Å². The van der Waals surface area contributed by atoms with Crippen molar-refractivity contribution in [1.29, 1.82) is 0 Å². The molecule has 0 aliphatic rings. The van der Waals surface area contributed by atoms with Gasteiger partial charge in [0.15, 0.2) is 6.61 Å². The van der Waals surface area contributed by atoms with E-state index in [1.165, 1.54) is 17.9 Å². The fraction of sp³-hybridized carbons (Fsp3) is 0.227. The van der Waals surface area contributed by atoms with E-state index >= 15 is 0 Å². The Labute approximate surface area is 164 Å². The van der Waals surface area contributed by atoms with E-state index in [1.54, 1.807) is 19.2 Å². The van der Waals surface area contributed by atoms with Crippen molar-refractivity contribution in [2.24, 2.45) is 0 Å². The lowest BCUT2D eigenvalue weighted by Crippen LogP contribution is -2.34. The number of carbonyl (C=O) groups is 3. The fourth-order valence-corrected chi connectivity index (χ4v) is 2.53. The second kappa shape index (κ2) is 10.1. The van der Waals surface area contributed by atoms with E-state index in [1.807, 2.05) is 55.5 Å². The van der Waals surface area contributed by atoms with Gasteiger partial charge in [-0.15, -0.1) is 0 Å². The second-order valence-corrected chi connectivity index (χ2v) is 6.32. The number of esters is 1. The largest absolute Gasteiger partial charge is 0.451 e. The predicted molar refractivity (Wildman–Crippen MR) is 107 cm³/mol. The molecule has 146 valence electrons. The lowest BCUT2D eigenvalue weighted by molar-refractivity contribution is -0.149. The fourth-order valence-electron chi connectivity index (χ4n) is 2.53. The number of ether oxygens (including phenoxy) is 1. The van der Waals surface area contributed by atoms with E-state index in [9.17, 15) is 14.4 Å². The van der Waals surface area contributed by atoms with Crippen LogP contribution in [0.1, 0.15) is 31.0 Å². The number of hydrogen-bond acceptors (Lipinski definition) is 4. The molecule has 0 saturated heterocycles. The van der Waals surface area contributed by atoms with Crippen LogP contribution >= 0.6 is 0 Å². The normalized spacial score (nSPS) is 12.0. The van der Waals surface area contributed by atoms with Crippen LogP contribution in [0.15, 0.2) is 66.4 Å². The zero-order chi connectivity index (χ0) is 20.5. The van der Waals surface area contributed by atoms with Gasteiger partial charge in [0.1, 0.15) is 5.70 Å². The third-order valence-electron chi connectivity index (χ3n) is 4.22. The van der Waals surface area contributed by atoms with Crippen molar-refractivity contribution in [2.45, 2.75) is 19.9 Å². The van der Waals surface area contributed by atoms with E-state index in [-0.39, 0.29) is 17.6 Å². The molecule has 6 nitrogen and oxygen atoms in total. The van der Waals surface area contributed by atoms with Crippen molar-refractivity contribution in [2.75, 3.05) is 13.7 Å². The molecule has 0 aliphatic heterocycles. The summed E-state index contributed by atoms with van der Waals surface area (Å²) in [6.07, 6.45) is 1.50. The highest BCUT2D eigenvalue weighted by Crippen LogP contribution is 2.18. The summed E-state index contributed by atoms with van der Waals surface area (Å²) in [5.41, 5.74) is 1.68. The third-order valence-corrected chi connectivity index (χ3v) is 4.22. The number of benzene rings is 2. The highest BCUT2D eigenvalue weighted by molar-refractivity contribution is 5.98. The molecule has 28 heavy (non-hydrogen) atoms. The van der Waals surface area contributed by atoms with Crippen LogP contribution in [0.3, 0.4) is 0 Å². The Hall–Kier alpha value is -3.41. The van der Waals surface area contributed by atoms with Crippen LogP contribution in [-0.2, 0) is 19.1 Å². The maximum absolute atomic E-state index is 12.4. The van der Waals surface area contributed by atoms with Crippen molar-refractivity contribution in [3.63, 3.8) is 0 Å². The number of likely N-dealkylation sites (N-methyl/N-ethyl adjacent to an activating group) is 1. The summed E-state index contributed by atoms with van der Waals surface area (Å²) in [5.74, 6) is -1.51. The van der Waals surface area contributed by atoms with E-state index in [0.29, 0.717) is 0 Å². The van der Waals surface area contributed by atoms with Gasteiger partial charge in [-0.25, -0.2) is 4.79 Å². The molecule has 2 rings (SSSR count). The summed E-state index contributed by atoms with van der Waals surface area (Å²) in [6.45, 7) is 2.78. The topological polar surface area (TPSA) is 75.7 Å². The standard InChI is InChI=1S/C22H24N2O4/c1-16(19-12-8-5-9-13-19)24(3)21(26)15-28-22(27)20(23-17(2)25)14-18-10-6-4-7-11-18/h4-14,16H,15H2,1-3H3,(H,23,25)/b20-14-. The van der Waals surface area contributed by atoms with Crippen LogP contribution in [0.4, 0.5) is 0 Å². The first-order valence-electron chi connectivity index (χ1n) is 8.90. The van der Waals surface area contributed by atoms with Gasteiger partial charge in [-0.3, -0.25) is 9.59 Å². The number of amides is 2. The summed E-state index contributed by atoms with van der Waals surface area (Å²) in [7, 11) is 1.66. The molecule has 2 aromatic carbocycles. The molecule has 6 heteroatoms. The number of hydrogen-bond donors (Lipinski definition) is 1. The Morgan fingerprint density at radius 3 is 2.18 bits per heavy atom. The average molecular weight is 380 g/mol. The van der Waals surface area contributed by atoms with Crippen LogP contribution < -0.4 is 5.32 Å². The molecule has 1 unspecified atom stereocenters. The maximum Gasteiger partial charge on any atom is 0.355 e. The van der Waals surface area contributed by atoms with E-state index in [2.05, 4.69) is 5.32 Å². The van der Waals surface area contributed by atoms with Crippen molar-refractivity contribution < 1.29 is 19.1 Å². The Balaban J connectivity index is 2.02. The van der Waals surface area contributed by atoms with Gasteiger partial charge in [0.25, 0.3) is 5.91 Å². The highest BCUT2D eigenvalue weighted by Gasteiger charge is 2.20. The molecule has 0 aliphatic carbocycles. The Bertz CT molecular complexity index is 847. The molecule has 0 bridgehead atoms. The number of nitrogens with one attached hydrogen (secondary N) is 1. The number of rotatable bonds is 7. The van der Waals surface area contributed by atoms with Gasteiger partial charge in [0.2, 0.25) is 5.91 Å². The van der Waals surface area contributed by atoms with Crippen molar-refractivity contribution in [1.82, 2.24) is 10.2 Å². The molecule has 0 spiro atoms. The van der Waals surface area contributed by atoms with Gasteiger partial charge in [-0.05, 0) is 24.1 Å². The molecule has 0 heterocycles. The average Bonchev–Trinajstić information content (AvgIpc) is 2.71. The summed E-state index contributed by atoms with van der Waals surface area (Å²) in [5, 5.41) is 2.45. The predicted octanol–water partition coefficient (Wildman–Crippen LogP) is 2.93. The monoisotopic (exact) mass is 380 g/mol. The number of carbonyl (C=O) groups excluding carboxylic acids is 3. The first-order valence-corrected chi connectivity index (χ1v) is 8.90. The van der Waals surface area contributed by atoms with Crippen molar-refractivity contribution in [3.8, 4) is 0 Å². The minimum absolute atomic E-state index is 0.0229. The maximum atomic E-state index is 12.4. The highest BCUT2D eigenvalue weighted by atomic mass is 16.5. The van der Waals surface area contributed by atoms with Crippen molar-refractivity contribution >= 4 is 23.9 Å². The molecule has 0 saturated carbocycles. The molecule has 1 atom stereocenters. The zero-order valence-corrected chi connectivity index (χ0v) is 16.2. The molecule has 2 aromatic rings. The van der Waals surface area contributed by atoms with Gasteiger partial charge in [0.05, 0.1) is 6.04 Å². The van der Waals surface area contributed by atoms with Crippen molar-refractivity contribution in [3.05, 3.63) is 77.5 Å². The smallest absolute Gasteiger partial charge is 0.355 e. The molecular formula is C22H24N2O4. The zero-order valence-electron chi connectivity index (χ0n) is 16.2. The molecule has 2 amide bonds. The Morgan fingerprint density at radius 1 is 1.04 bits per heavy atom. The summed E-state index contributed by atoms with van der Waals surface area (Å²) >= 11 is 0. The van der Waals surface area contributed by atoms with Crippen LogP contribution in [-0.4, -0.2) is 36.3 Å². The van der Waals surface area contributed by atoms with Gasteiger partial charge in [0, 0.05) is 14.0 Å². The minimum Gasteiger partial charge on any atom is -0.451 e. The SMILES string of the molecule is CC(=O)N/C(=C\c1ccccc1)C(=O)OCC(=O)N(C)C(C)c1ccccc1. The van der Waals surface area contributed by atoms with E-state index < -0.39 is 18.5 Å².